The molecule has 1 saturated carbocycles. The van der Waals surface area contributed by atoms with E-state index >= 15 is 0 Å². The van der Waals surface area contributed by atoms with E-state index in [-0.39, 0.29) is 11.7 Å². The Balaban J connectivity index is 1.31. The number of Topliss-reactive ketones (excluding diaryl/α,β-unsaturated/α-hetero) is 1. The summed E-state index contributed by atoms with van der Waals surface area (Å²) < 4.78 is 5.03. The van der Waals surface area contributed by atoms with Crippen LogP contribution in [0, 0.1) is 11.8 Å². The van der Waals surface area contributed by atoms with Crippen LogP contribution < -0.4 is 0 Å². The molecule has 5 nitrogen and oxygen atoms in total. The fraction of sp³-hybridized carbons (Fsp3) is 0.737. The Morgan fingerprint density at radius 2 is 1.88 bits per heavy atom. The van der Waals surface area contributed by atoms with Crippen molar-refractivity contribution in [3.8, 4) is 0 Å². The average Bonchev–Trinajstić information content (AvgIpc) is 3.29. The second-order valence-electron chi connectivity index (χ2n) is 7.33. The predicted molar refractivity (Wildman–Crippen MR) is 90.6 cm³/mol. The minimum absolute atomic E-state index is 0.0100. The van der Waals surface area contributed by atoms with Crippen molar-refractivity contribution in [1.29, 1.82) is 0 Å². The highest BCUT2D eigenvalue weighted by Crippen LogP contribution is 2.29. The van der Waals surface area contributed by atoms with Crippen LogP contribution in [0.5, 0.6) is 0 Å². The molecule has 0 spiro atoms. The molecule has 0 radical (unpaired) electrons. The Hall–Kier alpha value is -1.65. The summed E-state index contributed by atoms with van der Waals surface area (Å²) in [4.78, 5) is 30.2. The molecule has 3 rings (SSSR count). The lowest BCUT2D eigenvalue weighted by Crippen LogP contribution is -2.39. The SMILES string of the molecule is O=C(CCCC1CCN(C(=O)CC2CCCC2)CC1)c1ncco1. The second kappa shape index (κ2) is 8.45. The molecule has 24 heavy (non-hydrogen) atoms. The van der Waals surface area contributed by atoms with Crippen LogP contribution in [-0.2, 0) is 4.79 Å². The maximum atomic E-state index is 12.4. The van der Waals surface area contributed by atoms with E-state index in [9.17, 15) is 9.59 Å². The van der Waals surface area contributed by atoms with E-state index in [4.69, 9.17) is 4.42 Å². The molecule has 2 fully saturated rings. The minimum atomic E-state index is -0.0100. The smallest absolute Gasteiger partial charge is 0.263 e. The van der Waals surface area contributed by atoms with Crippen molar-refractivity contribution < 1.29 is 14.0 Å². The van der Waals surface area contributed by atoms with Gasteiger partial charge in [0.2, 0.25) is 11.7 Å². The van der Waals surface area contributed by atoms with E-state index in [1.54, 1.807) is 0 Å². The third-order valence-corrected chi connectivity index (χ3v) is 5.59. The largest absolute Gasteiger partial charge is 0.442 e. The van der Waals surface area contributed by atoms with E-state index in [1.807, 2.05) is 0 Å². The number of oxazole rings is 1. The summed E-state index contributed by atoms with van der Waals surface area (Å²) in [6.07, 6.45) is 13.3. The maximum absolute atomic E-state index is 12.4. The quantitative estimate of drug-likeness (QED) is 0.712. The highest BCUT2D eigenvalue weighted by atomic mass is 16.3. The molecule has 5 heteroatoms. The number of piperidine rings is 1. The monoisotopic (exact) mass is 332 g/mol. The number of likely N-dealkylation sites (tertiary alicyclic amines) is 1. The van der Waals surface area contributed by atoms with Crippen molar-refractivity contribution in [1.82, 2.24) is 9.88 Å². The molecule has 1 aromatic rings. The first-order valence-corrected chi connectivity index (χ1v) is 9.43. The zero-order valence-electron chi connectivity index (χ0n) is 14.4. The molecule has 2 aliphatic rings. The number of nitrogens with zero attached hydrogens (tertiary/aromatic N) is 2. The lowest BCUT2D eigenvalue weighted by atomic mass is 9.90. The Morgan fingerprint density at radius 1 is 1.12 bits per heavy atom. The molecule has 0 bridgehead atoms. The lowest BCUT2D eigenvalue weighted by molar-refractivity contribution is -0.133. The Bertz CT molecular complexity index is 527. The van der Waals surface area contributed by atoms with Crippen LogP contribution in [0.25, 0.3) is 0 Å². The van der Waals surface area contributed by atoms with Gasteiger partial charge in [-0.25, -0.2) is 4.98 Å². The normalized spacial score (nSPS) is 19.8. The summed E-state index contributed by atoms with van der Waals surface area (Å²) in [6.45, 7) is 1.79. The Labute approximate surface area is 143 Å². The molecular formula is C19H28N2O3. The molecule has 132 valence electrons. The number of carbonyl (C=O) groups is 2. The van der Waals surface area contributed by atoms with Crippen molar-refractivity contribution in [3.05, 3.63) is 18.4 Å². The van der Waals surface area contributed by atoms with Gasteiger partial charge in [0.1, 0.15) is 6.26 Å². The van der Waals surface area contributed by atoms with Gasteiger partial charge in [-0.15, -0.1) is 0 Å². The summed E-state index contributed by atoms with van der Waals surface area (Å²) in [7, 11) is 0. The molecule has 0 aromatic carbocycles. The molecule has 0 unspecified atom stereocenters. The third-order valence-electron chi connectivity index (χ3n) is 5.59. The van der Waals surface area contributed by atoms with Gasteiger partial charge in [-0.1, -0.05) is 12.8 Å². The number of ketones is 1. The van der Waals surface area contributed by atoms with Gasteiger partial charge in [0.15, 0.2) is 0 Å². The molecule has 0 N–H and O–H groups in total. The fourth-order valence-electron chi connectivity index (χ4n) is 4.08. The first kappa shape index (κ1) is 17.2. The van der Waals surface area contributed by atoms with Gasteiger partial charge in [-0.05, 0) is 50.4 Å². The molecule has 0 atom stereocenters. The minimum Gasteiger partial charge on any atom is -0.442 e. The number of aromatic nitrogens is 1. The summed E-state index contributed by atoms with van der Waals surface area (Å²) in [5.74, 6) is 1.85. The summed E-state index contributed by atoms with van der Waals surface area (Å²) in [5, 5.41) is 0. The summed E-state index contributed by atoms with van der Waals surface area (Å²) in [6, 6.07) is 0. The standard InChI is InChI=1S/C19H28N2O3/c22-17(19-20-10-13-24-19)7-3-6-15-8-11-21(12-9-15)18(23)14-16-4-1-2-5-16/h10,13,15-16H,1-9,11-12,14H2. The van der Waals surface area contributed by atoms with E-state index in [0.717, 1.165) is 45.2 Å². The number of amides is 1. The first-order chi connectivity index (χ1) is 11.7. The highest BCUT2D eigenvalue weighted by Gasteiger charge is 2.26. The van der Waals surface area contributed by atoms with E-state index < -0.39 is 0 Å². The van der Waals surface area contributed by atoms with Crippen LogP contribution in [0.2, 0.25) is 0 Å². The first-order valence-electron chi connectivity index (χ1n) is 9.43. The van der Waals surface area contributed by atoms with Crippen LogP contribution in [0.3, 0.4) is 0 Å². The van der Waals surface area contributed by atoms with Crippen molar-refractivity contribution in [2.24, 2.45) is 11.8 Å². The van der Waals surface area contributed by atoms with Gasteiger partial charge in [-0.2, -0.15) is 0 Å². The lowest BCUT2D eigenvalue weighted by Gasteiger charge is -2.32. The van der Waals surface area contributed by atoms with Crippen LogP contribution >= 0.6 is 0 Å². The fourth-order valence-corrected chi connectivity index (χ4v) is 4.08. The van der Waals surface area contributed by atoms with Crippen LogP contribution in [0.15, 0.2) is 16.9 Å². The Morgan fingerprint density at radius 3 is 2.54 bits per heavy atom. The van der Waals surface area contributed by atoms with Gasteiger partial charge in [0.05, 0.1) is 6.20 Å². The van der Waals surface area contributed by atoms with Crippen molar-refractivity contribution in [2.45, 2.75) is 64.2 Å². The Kier molecular flexibility index (Phi) is 6.05. The van der Waals surface area contributed by atoms with Crippen molar-refractivity contribution in [2.75, 3.05) is 13.1 Å². The molecule has 1 aliphatic heterocycles. The van der Waals surface area contributed by atoms with Gasteiger partial charge in [-0.3, -0.25) is 9.59 Å². The zero-order chi connectivity index (χ0) is 16.8. The number of hydrogen-bond acceptors (Lipinski definition) is 4. The van der Waals surface area contributed by atoms with Gasteiger partial charge in [0, 0.05) is 25.9 Å². The van der Waals surface area contributed by atoms with E-state index in [1.165, 1.54) is 38.1 Å². The second-order valence-corrected chi connectivity index (χ2v) is 7.33. The molecular weight excluding hydrogens is 304 g/mol. The van der Waals surface area contributed by atoms with Crippen LogP contribution in [0.1, 0.15) is 74.9 Å². The van der Waals surface area contributed by atoms with Gasteiger partial charge >= 0.3 is 0 Å². The van der Waals surface area contributed by atoms with E-state index in [0.29, 0.717) is 24.2 Å². The third kappa shape index (κ3) is 4.68. The summed E-state index contributed by atoms with van der Waals surface area (Å²) in [5.41, 5.74) is 0. The maximum Gasteiger partial charge on any atom is 0.263 e. The van der Waals surface area contributed by atoms with Crippen molar-refractivity contribution >= 4 is 11.7 Å². The molecule has 1 aliphatic carbocycles. The average molecular weight is 332 g/mol. The molecule has 1 aromatic heterocycles. The number of rotatable bonds is 7. The topological polar surface area (TPSA) is 63.4 Å². The van der Waals surface area contributed by atoms with Gasteiger partial charge < -0.3 is 9.32 Å². The number of hydrogen-bond donors (Lipinski definition) is 0. The van der Waals surface area contributed by atoms with Gasteiger partial charge in [0.25, 0.3) is 5.89 Å². The molecule has 1 amide bonds. The molecule has 2 heterocycles. The van der Waals surface area contributed by atoms with Crippen LogP contribution in [0.4, 0.5) is 0 Å². The highest BCUT2D eigenvalue weighted by molar-refractivity contribution is 5.91. The predicted octanol–water partition coefficient (Wildman–Crippen LogP) is 3.85. The number of carbonyl (C=O) groups excluding carboxylic acids is 2. The van der Waals surface area contributed by atoms with Crippen LogP contribution in [-0.4, -0.2) is 34.7 Å². The summed E-state index contributed by atoms with van der Waals surface area (Å²) >= 11 is 0. The molecule has 1 saturated heterocycles. The van der Waals surface area contributed by atoms with E-state index in [2.05, 4.69) is 9.88 Å². The zero-order valence-corrected chi connectivity index (χ0v) is 14.4. The van der Waals surface area contributed by atoms with Crippen molar-refractivity contribution in [3.63, 3.8) is 0 Å².